The molecule has 2 heterocycles. The van der Waals surface area contributed by atoms with Crippen LogP contribution in [0.25, 0.3) is 11.0 Å². The second-order valence-corrected chi connectivity index (χ2v) is 5.28. The lowest BCUT2D eigenvalue weighted by Gasteiger charge is -2.22. The van der Waals surface area contributed by atoms with E-state index in [1.165, 1.54) is 5.56 Å². The first-order valence-corrected chi connectivity index (χ1v) is 7.14. The molecular formula is C15H18N4O2. The fourth-order valence-electron chi connectivity index (χ4n) is 2.75. The predicted molar refractivity (Wildman–Crippen MR) is 79.9 cm³/mol. The number of nitrogens with one attached hydrogen (secondary N) is 2. The Kier molecular flexibility index (Phi) is 3.37. The van der Waals surface area contributed by atoms with Gasteiger partial charge in [0.1, 0.15) is 6.04 Å². The van der Waals surface area contributed by atoms with Crippen LogP contribution in [-0.2, 0) is 23.1 Å². The first-order chi connectivity index (χ1) is 10.1. The molecular weight excluding hydrogens is 268 g/mol. The third kappa shape index (κ3) is 2.37. The molecule has 3 rings (SSSR count). The molecule has 1 unspecified atom stereocenters. The van der Waals surface area contributed by atoms with Crippen molar-refractivity contribution in [3.05, 3.63) is 23.8 Å². The first kappa shape index (κ1) is 13.6. The molecule has 0 radical (unpaired) electrons. The van der Waals surface area contributed by atoms with E-state index in [4.69, 9.17) is 0 Å². The number of imide groups is 1. The zero-order valence-corrected chi connectivity index (χ0v) is 12.1. The van der Waals surface area contributed by atoms with Gasteiger partial charge in [0.2, 0.25) is 17.8 Å². The predicted octanol–water partition coefficient (Wildman–Crippen LogP) is 1.35. The average molecular weight is 286 g/mol. The number of imidazole rings is 1. The molecule has 2 N–H and O–H groups in total. The van der Waals surface area contributed by atoms with Crippen LogP contribution in [-0.4, -0.2) is 27.4 Å². The Morgan fingerprint density at radius 3 is 2.95 bits per heavy atom. The molecule has 1 atom stereocenters. The molecule has 1 saturated heterocycles. The highest BCUT2D eigenvalue weighted by Gasteiger charge is 2.27. The van der Waals surface area contributed by atoms with Crippen LogP contribution in [0.3, 0.4) is 0 Å². The van der Waals surface area contributed by atoms with Gasteiger partial charge in [0, 0.05) is 13.5 Å². The van der Waals surface area contributed by atoms with E-state index in [0.717, 1.165) is 17.5 Å². The summed E-state index contributed by atoms with van der Waals surface area (Å²) in [6.45, 7) is 2.11. The van der Waals surface area contributed by atoms with Crippen molar-refractivity contribution in [2.24, 2.45) is 7.05 Å². The topological polar surface area (TPSA) is 76.0 Å². The summed E-state index contributed by atoms with van der Waals surface area (Å²) < 4.78 is 1.97. The van der Waals surface area contributed by atoms with Crippen LogP contribution in [0.15, 0.2) is 18.2 Å². The van der Waals surface area contributed by atoms with Gasteiger partial charge >= 0.3 is 0 Å². The minimum absolute atomic E-state index is 0.212. The number of rotatable bonds is 3. The molecule has 1 aliphatic rings. The fraction of sp³-hybridized carbons (Fsp3) is 0.400. The summed E-state index contributed by atoms with van der Waals surface area (Å²) in [6, 6.07) is 5.62. The third-order valence-electron chi connectivity index (χ3n) is 3.90. The minimum Gasteiger partial charge on any atom is -0.344 e. The fourth-order valence-corrected chi connectivity index (χ4v) is 2.75. The molecule has 1 aromatic heterocycles. The van der Waals surface area contributed by atoms with Crippen LogP contribution in [0.2, 0.25) is 0 Å². The van der Waals surface area contributed by atoms with Crippen LogP contribution in [0, 0.1) is 0 Å². The first-order valence-electron chi connectivity index (χ1n) is 7.14. The normalized spacial score (nSPS) is 18.9. The van der Waals surface area contributed by atoms with Gasteiger partial charge in [-0.25, -0.2) is 4.98 Å². The van der Waals surface area contributed by atoms with Gasteiger partial charge in [0.25, 0.3) is 0 Å². The van der Waals surface area contributed by atoms with E-state index in [0.29, 0.717) is 18.8 Å². The van der Waals surface area contributed by atoms with Gasteiger partial charge in [-0.2, -0.15) is 0 Å². The second kappa shape index (κ2) is 5.20. The highest BCUT2D eigenvalue weighted by molar-refractivity contribution is 6.01. The van der Waals surface area contributed by atoms with Crippen LogP contribution in [0.1, 0.15) is 25.3 Å². The quantitative estimate of drug-likeness (QED) is 0.835. The van der Waals surface area contributed by atoms with Crippen molar-refractivity contribution in [3.63, 3.8) is 0 Å². The number of hydrogen-bond donors (Lipinski definition) is 2. The van der Waals surface area contributed by atoms with Gasteiger partial charge in [0.15, 0.2) is 0 Å². The molecule has 0 spiro atoms. The van der Waals surface area contributed by atoms with E-state index in [1.807, 2.05) is 23.7 Å². The molecule has 2 aromatic rings. The molecule has 1 aromatic carbocycles. The molecule has 6 heteroatoms. The largest absolute Gasteiger partial charge is 0.344 e. The zero-order valence-electron chi connectivity index (χ0n) is 12.1. The molecule has 0 bridgehead atoms. The molecule has 0 aliphatic carbocycles. The number of benzene rings is 1. The Labute approximate surface area is 122 Å². The van der Waals surface area contributed by atoms with Crippen molar-refractivity contribution in [2.75, 3.05) is 5.32 Å². The number of para-hydroxylation sites is 1. The van der Waals surface area contributed by atoms with Gasteiger partial charge in [-0.1, -0.05) is 19.1 Å². The number of aryl methyl sites for hydroxylation is 2. The van der Waals surface area contributed by atoms with Crippen molar-refractivity contribution < 1.29 is 9.59 Å². The summed E-state index contributed by atoms with van der Waals surface area (Å²) in [7, 11) is 1.93. The monoisotopic (exact) mass is 286 g/mol. The number of carbonyl (C=O) groups excluding carboxylic acids is 2. The number of carbonyl (C=O) groups is 2. The van der Waals surface area contributed by atoms with Crippen molar-refractivity contribution >= 4 is 28.8 Å². The number of amides is 2. The molecule has 110 valence electrons. The van der Waals surface area contributed by atoms with Gasteiger partial charge in [-0.15, -0.1) is 0 Å². The second-order valence-electron chi connectivity index (χ2n) is 5.28. The summed E-state index contributed by atoms with van der Waals surface area (Å²) in [6.07, 6.45) is 1.77. The van der Waals surface area contributed by atoms with Gasteiger partial charge in [-0.3, -0.25) is 14.9 Å². The number of piperidine rings is 1. The van der Waals surface area contributed by atoms with Crippen LogP contribution < -0.4 is 10.6 Å². The Bertz CT molecular complexity index is 720. The summed E-state index contributed by atoms with van der Waals surface area (Å²) in [5.41, 5.74) is 3.21. The number of anilines is 1. The van der Waals surface area contributed by atoms with E-state index < -0.39 is 6.04 Å². The van der Waals surface area contributed by atoms with Gasteiger partial charge in [-0.05, 0) is 24.5 Å². The van der Waals surface area contributed by atoms with E-state index in [1.54, 1.807) is 0 Å². The van der Waals surface area contributed by atoms with E-state index >= 15 is 0 Å². The maximum Gasteiger partial charge on any atom is 0.249 e. The Morgan fingerprint density at radius 2 is 2.24 bits per heavy atom. The van der Waals surface area contributed by atoms with Crippen LogP contribution >= 0.6 is 0 Å². The van der Waals surface area contributed by atoms with E-state index in [-0.39, 0.29) is 11.8 Å². The maximum absolute atomic E-state index is 11.8. The van der Waals surface area contributed by atoms with Crippen molar-refractivity contribution in [3.8, 4) is 0 Å². The maximum atomic E-state index is 11.8. The third-order valence-corrected chi connectivity index (χ3v) is 3.90. The lowest BCUT2D eigenvalue weighted by atomic mass is 10.1. The smallest absolute Gasteiger partial charge is 0.249 e. The molecule has 1 fully saturated rings. The minimum atomic E-state index is -0.414. The summed E-state index contributed by atoms with van der Waals surface area (Å²) >= 11 is 0. The molecule has 6 nitrogen and oxygen atoms in total. The van der Waals surface area contributed by atoms with Crippen molar-refractivity contribution in [1.82, 2.24) is 14.9 Å². The number of fused-ring (bicyclic) bond motifs is 1. The standard InChI is InChI=1S/C15H18N4O2/c1-3-9-5-4-6-10-13(9)19(2)15(16-10)17-11-7-8-12(20)18-14(11)21/h4-6,11H,3,7-8H2,1-2H3,(H,16,17)(H,18,20,21). The van der Waals surface area contributed by atoms with Crippen molar-refractivity contribution in [2.45, 2.75) is 32.2 Å². The van der Waals surface area contributed by atoms with Crippen molar-refractivity contribution in [1.29, 1.82) is 0 Å². The number of aromatic nitrogens is 2. The Balaban J connectivity index is 1.93. The highest BCUT2D eigenvalue weighted by Crippen LogP contribution is 2.23. The molecule has 21 heavy (non-hydrogen) atoms. The average Bonchev–Trinajstić information content (AvgIpc) is 2.79. The van der Waals surface area contributed by atoms with Crippen LogP contribution in [0.4, 0.5) is 5.95 Å². The Hall–Kier alpha value is -2.37. The summed E-state index contributed by atoms with van der Waals surface area (Å²) in [4.78, 5) is 27.6. The summed E-state index contributed by atoms with van der Waals surface area (Å²) in [5, 5.41) is 5.50. The SMILES string of the molecule is CCc1cccc2nc(NC3CCC(=O)NC3=O)n(C)c12. The molecule has 2 amide bonds. The number of hydrogen-bond acceptors (Lipinski definition) is 4. The summed E-state index contributed by atoms with van der Waals surface area (Å²) in [5.74, 6) is 0.158. The van der Waals surface area contributed by atoms with Gasteiger partial charge in [0.05, 0.1) is 11.0 Å². The Morgan fingerprint density at radius 1 is 1.43 bits per heavy atom. The van der Waals surface area contributed by atoms with E-state index in [2.05, 4.69) is 28.6 Å². The lowest BCUT2D eigenvalue weighted by molar-refractivity contribution is -0.133. The highest BCUT2D eigenvalue weighted by atomic mass is 16.2. The van der Waals surface area contributed by atoms with Crippen LogP contribution in [0.5, 0.6) is 0 Å². The molecule has 0 saturated carbocycles. The zero-order chi connectivity index (χ0) is 15.0. The number of nitrogens with zero attached hydrogens (tertiary/aromatic N) is 2. The van der Waals surface area contributed by atoms with E-state index in [9.17, 15) is 9.59 Å². The molecule has 1 aliphatic heterocycles. The van der Waals surface area contributed by atoms with Gasteiger partial charge < -0.3 is 9.88 Å². The lowest BCUT2D eigenvalue weighted by Crippen LogP contribution is -2.47.